The number of benzene rings is 1. The molecule has 3 aliphatic rings. The van der Waals surface area contributed by atoms with Crippen LogP contribution in [0.5, 0.6) is 0 Å². The zero-order valence-electron chi connectivity index (χ0n) is 17.7. The molecule has 1 spiro atoms. The van der Waals surface area contributed by atoms with Gasteiger partial charge in [-0.1, -0.05) is 6.08 Å². The molecule has 4 N–H and O–H groups in total. The Morgan fingerprint density at radius 3 is 2.59 bits per heavy atom. The Kier molecular flexibility index (Phi) is 5.49. The third-order valence-corrected chi connectivity index (χ3v) is 7.11. The Morgan fingerprint density at radius 1 is 1.31 bits per heavy atom. The van der Waals surface area contributed by atoms with Crippen molar-refractivity contribution in [3.63, 3.8) is 0 Å². The monoisotopic (exact) mass is 442 g/mol. The Balaban J connectivity index is 1.45. The molecule has 4 rings (SSSR count). The summed E-state index contributed by atoms with van der Waals surface area (Å²) in [6, 6.07) is 3.88. The van der Waals surface area contributed by atoms with Crippen LogP contribution in [0.15, 0.2) is 24.3 Å². The molecule has 4 atom stereocenters. The maximum absolute atomic E-state index is 13.1. The molecule has 2 aliphatic heterocycles. The summed E-state index contributed by atoms with van der Waals surface area (Å²) in [5.41, 5.74) is 7.70. The van der Waals surface area contributed by atoms with Crippen LogP contribution in [0.25, 0.3) is 5.57 Å². The molecule has 1 aliphatic carbocycles. The minimum atomic E-state index is -1.06. The lowest BCUT2D eigenvalue weighted by Crippen LogP contribution is -2.58. The molecule has 170 valence electrons. The van der Waals surface area contributed by atoms with Gasteiger partial charge in [0.25, 0.3) is 5.69 Å². The smallest absolute Gasteiger partial charge is 0.308 e. The number of carboxylic acid groups (broad SMARTS) is 1. The van der Waals surface area contributed by atoms with Gasteiger partial charge in [-0.3, -0.25) is 24.5 Å². The van der Waals surface area contributed by atoms with Crippen LogP contribution in [0.2, 0.25) is 0 Å². The maximum atomic E-state index is 13.1. The molecule has 0 aromatic heterocycles. The molecule has 2 amide bonds. The number of aryl methyl sites for hydroxylation is 1. The standard InChI is InChI=1S/C22H26N4O6/c1-12-8-14(26(31)32)2-3-15(12)13-4-6-25(7-5-13)20(28)18-16(21(29)30)9-22(11-24-18)10-17(22)19(23)27/h2-4,8,16-18,24H,5-7,9-11H2,1H3,(H2,23,27)(H,29,30). The molecular formula is C22H26N4O6. The highest BCUT2D eigenvalue weighted by molar-refractivity contribution is 5.89. The predicted molar refractivity (Wildman–Crippen MR) is 114 cm³/mol. The van der Waals surface area contributed by atoms with Gasteiger partial charge in [0.1, 0.15) is 6.04 Å². The van der Waals surface area contributed by atoms with Crippen LogP contribution in [0.4, 0.5) is 5.69 Å². The lowest BCUT2D eigenvalue weighted by atomic mass is 9.80. The van der Waals surface area contributed by atoms with Crippen LogP contribution in [0, 0.1) is 34.3 Å². The number of rotatable bonds is 5. The van der Waals surface area contributed by atoms with Gasteiger partial charge in [-0.05, 0) is 54.4 Å². The Morgan fingerprint density at radius 2 is 2.06 bits per heavy atom. The van der Waals surface area contributed by atoms with Crippen molar-refractivity contribution in [2.45, 2.75) is 32.2 Å². The molecule has 10 nitrogen and oxygen atoms in total. The van der Waals surface area contributed by atoms with Crippen LogP contribution in [0.1, 0.15) is 30.4 Å². The first-order valence-electron chi connectivity index (χ1n) is 10.6. The van der Waals surface area contributed by atoms with E-state index >= 15 is 0 Å². The number of hydrogen-bond acceptors (Lipinski definition) is 6. The SMILES string of the molecule is Cc1cc([N+](=O)[O-])ccc1C1=CCN(C(=O)C2NCC3(CC2C(=O)O)CC3C(N)=O)CC1. The van der Waals surface area contributed by atoms with Crippen LogP contribution >= 0.6 is 0 Å². The lowest BCUT2D eigenvalue weighted by Gasteiger charge is -2.38. The number of carbonyl (C=O) groups excluding carboxylic acids is 2. The quantitative estimate of drug-likeness (QED) is 0.455. The molecular weight excluding hydrogens is 416 g/mol. The fourth-order valence-electron chi connectivity index (χ4n) is 5.18. The van der Waals surface area contributed by atoms with Crippen LogP contribution < -0.4 is 11.1 Å². The number of amides is 2. The van der Waals surface area contributed by atoms with E-state index in [-0.39, 0.29) is 23.9 Å². The largest absolute Gasteiger partial charge is 0.481 e. The lowest BCUT2D eigenvalue weighted by molar-refractivity contribution is -0.384. The second kappa shape index (κ2) is 8.01. The highest BCUT2D eigenvalue weighted by Crippen LogP contribution is 2.58. The van der Waals surface area contributed by atoms with Crippen molar-refractivity contribution in [1.82, 2.24) is 10.2 Å². The predicted octanol–water partition coefficient (Wildman–Crippen LogP) is 1.07. The Hall–Kier alpha value is -3.27. The maximum Gasteiger partial charge on any atom is 0.308 e. The number of nitrogens with one attached hydrogen (secondary N) is 1. The topological polar surface area (TPSA) is 156 Å². The molecule has 2 heterocycles. The Bertz CT molecular complexity index is 1040. The first-order chi connectivity index (χ1) is 15.1. The van der Waals surface area contributed by atoms with Gasteiger partial charge in [0.05, 0.1) is 10.8 Å². The van der Waals surface area contributed by atoms with E-state index in [1.165, 1.54) is 12.1 Å². The van der Waals surface area contributed by atoms with Crippen LogP contribution in [-0.4, -0.2) is 58.4 Å². The van der Waals surface area contributed by atoms with Gasteiger partial charge in [-0.25, -0.2) is 0 Å². The van der Waals surface area contributed by atoms with Gasteiger partial charge in [0, 0.05) is 37.7 Å². The van der Waals surface area contributed by atoms with Gasteiger partial charge in [0.15, 0.2) is 0 Å². The number of nitrogens with zero attached hydrogens (tertiary/aromatic N) is 2. The van der Waals surface area contributed by atoms with E-state index in [9.17, 15) is 29.6 Å². The van der Waals surface area contributed by atoms with Crippen molar-refractivity contribution in [2.24, 2.45) is 23.0 Å². The number of aliphatic carboxylic acids is 1. The van der Waals surface area contributed by atoms with Crippen LogP contribution in [0.3, 0.4) is 0 Å². The summed E-state index contributed by atoms with van der Waals surface area (Å²) >= 11 is 0. The summed E-state index contributed by atoms with van der Waals surface area (Å²) < 4.78 is 0. The number of piperidine rings is 1. The third-order valence-electron chi connectivity index (χ3n) is 7.11. The third kappa shape index (κ3) is 3.86. The molecule has 0 bridgehead atoms. The second-order valence-corrected chi connectivity index (χ2v) is 9.05. The molecule has 4 unspecified atom stereocenters. The van der Waals surface area contributed by atoms with Crippen molar-refractivity contribution in [1.29, 1.82) is 0 Å². The van der Waals surface area contributed by atoms with E-state index in [2.05, 4.69) is 5.32 Å². The van der Waals surface area contributed by atoms with Gasteiger partial charge in [-0.2, -0.15) is 0 Å². The second-order valence-electron chi connectivity index (χ2n) is 9.05. The number of nitro groups is 1. The molecule has 1 aromatic carbocycles. The summed E-state index contributed by atoms with van der Waals surface area (Å²) in [4.78, 5) is 48.7. The fraction of sp³-hybridized carbons (Fsp3) is 0.500. The number of hydrogen-bond donors (Lipinski definition) is 3. The van der Waals surface area contributed by atoms with Gasteiger partial charge < -0.3 is 21.1 Å². The number of non-ortho nitro benzene ring substituents is 1. The Labute approximate surface area is 184 Å². The molecule has 1 saturated carbocycles. The fourth-order valence-corrected chi connectivity index (χ4v) is 5.18. The van der Waals surface area contributed by atoms with E-state index in [1.807, 2.05) is 13.0 Å². The van der Waals surface area contributed by atoms with Crippen molar-refractivity contribution in [3.05, 3.63) is 45.5 Å². The number of carbonyl (C=O) groups is 3. The summed E-state index contributed by atoms with van der Waals surface area (Å²) in [5.74, 6) is -2.99. The number of primary amides is 1. The van der Waals surface area contributed by atoms with E-state index in [1.54, 1.807) is 11.0 Å². The van der Waals surface area contributed by atoms with Gasteiger partial charge in [0.2, 0.25) is 11.8 Å². The molecule has 0 radical (unpaired) electrons. The van der Waals surface area contributed by atoms with E-state index in [0.29, 0.717) is 32.5 Å². The van der Waals surface area contributed by atoms with Crippen molar-refractivity contribution in [3.8, 4) is 0 Å². The number of nitro benzene ring substituents is 1. The molecule has 2 fully saturated rings. The molecule has 1 aromatic rings. The normalized spacial score (nSPS) is 29.3. The minimum absolute atomic E-state index is 0.0366. The van der Waals surface area contributed by atoms with Gasteiger partial charge in [-0.15, -0.1) is 0 Å². The highest BCUT2D eigenvalue weighted by Gasteiger charge is 2.62. The minimum Gasteiger partial charge on any atom is -0.481 e. The average Bonchev–Trinajstić information content (AvgIpc) is 3.46. The number of nitrogens with two attached hydrogens (primary N) is 1. The summed E-state index contributed by atoms with van der Waals surface area (Å²) in [6.45, 7) is 2.99. The average molecular weight is 442 g/mol. The van der Waals surface area contributed by atoms with Crippen molar-refractivity contribution >= 4 is 29.0 Å². The molecule has 32 heavy (non-hydrogen) atoms. The summed E-state index contributed by atoms with van der Waals surface area (Å²) in [6.07, 6.45) is 3.31. The van der Waals surface area contributed by atoms with E-state index in [0.717, 1.165) is 16.7 Å². The number of carboxylic acids is 1. The zero-order chi connectivity index (χ0) is 23.2. The first kappa shape index (κ1) is 21.9. The highest BCUT2D eigenvalue weighted by atomic mass is 16.6. The van der Waals surface area contributed by atoms with E-state index in [4.69, 9.17) is 5.73 Å². The van der Waals surface area contributed by atoms with Crippen molar-refractivity contribution < 1.29 is 24.4 Å². The molecule has 10 heteroatoms. The first-order valence-corrected chi connectivity index (χ1v) is 10.6. The summed E-state index contributed by atoms with van der Waals surface area (Å²) in [7, 11) is 0. The zero-order valence-corrected chi connectivity index (χ0v) is 17.7. The van der Waals surface area contributed by atoms with E-state index < -0.39 is 34.2 Å². The van der Waals surface area contributed by atoms with Crippen molar-refractivity contribution in [2.75, 3.05) is 19.6 Å². The molecule has 1 saturated heterocycles. The van der Waals surface area contributed by atoms with Crippen LogP contribution in [-0.2, 0) is 14.4 Å². The summed E-state index contributed by atoms with van der Waals surface area (Å²) in [5, 5.41) is 23.8. The van der Waals surface area contributed by atoms with Gasteiger partial charge >= 0.3 is 5.97 Å².